The Hall–Kier alpha value is -5.43. The van der Waals surface area contributed by atoms with Gasteiger partial charge in [-0.15, -0.1) is 0 Å². The molecule has 3 aliphatic rings. The summed E-state index contributed by atoms with van der Waals surface area (Å²) in [5.74, 6) is 0.435. The lowest BCUT2D eigenvalue weighted by Gasteiger charge is -2.36. The largest absolute Gasteiger partial charge is 0.354 e. The number of aromatic nitrogens is 4. The number of piperazine rings is 1. The van der Waals surface area contributed by atoms with E-state index in [1.165, 1.54) is 12.1 Å². The summed E-state index contributed by atoms with van der Waals surface area (Å²) in [6, 6.07) is 18.6. The number of halogens is 2. The number of para-hydroxylation sites is 1. The number of carbonyl (C=O) groups is 2. The molecule has 3 fully saturated rings. The highest BCUT2D eigenvalue weighted by Crippen LogP contribution is 2.37. The van der Waals surface area contributed by atoms with Crippen LogP contribution in [0.1, 0.15) is 36.4 Å². The molecule has 0 aliphatic carbocycles. The SMILES string of the molecule is O=C1CCN(c2ccccc2CN2CCN(c3cccc(-c4cnn5ccc(N6CCC[C@@H]6c6cc(F)ccc6F)nc45)n3)CC2)C(=O)N1. The van der Waals surface area contributed by atoms with Crippen LogP contribution < -0.4 is 20.0 Å². The molecule has 250 valence electrons. The van der Waals surface area contributed by atoms with Gasteiger partial charge in [-0.2, -0.15) is 5.10 Å². The van der Waals surface area contributed by atoms with Crippen molar-refractivity contribution in [2.75, 3.05) is 54.0 Å². The van der Waals surface area contributed by atoms with E-state index in [4.69, 9.17) is 9.97 Å². The Morgan fingerprint density at radius 1 is 0.857 bits per heavy atom. The summed E-state index contributed by atoms with van der Waals surface area (Å²) in [6.07, 6.45) is 5.45. The van der Waals surface area contributed by atoms with Crippen LogP contribution in [-0.2, 0) is 11.3 Å². The van der Waals surface area contributed by atoms with Gasteiger partial charge in [0.15, 0.2) is 5.65 Å². The van der Waals surface area contributed by atoms with Crippen LogP contribution >= 0.6 is 0 Å². The predicted molar refractivity (Wildman–Crippen MR) is 181 cm³/mol. The van der Waals surface area contributed by atoms with Gasteiger partial charge in [-0.3, -0.25) is 19.9 Å². The van der Waals surface area contributed by atoms with Crippen molar-refractivity contribution in [3.05, 3.63) is 102 Å². The van der Waals surface area contributed by atoms with Gasteiger partial charge in [0.05, 0.1) is 23.5 Å². The summed E-state index contributed by atoms with van der Waals surface area (Å²) in [6.45, 7) is 4.94. The number of rotatable bonds is 7. The lowest BCUT2D eigenvalue weighted by molar-refractivity contribution is -0.120. The fraction of sp³-hybridized carbons (Fsp3) is 0.306. The average molecular weight is 664 g/mol. The molecule has 0 spiro atoms. The number of pyridine rings is 1. The molecular formula is C36H35F2N9O2. The van der Waals surface area contributed by atoms with Crippen molar-refractivity contribution in [2.24, 2.45) is 0 Å². The first-order chi connectivity index (χ1) is 23.9. The standard InChI is InChI=1S/C36H35F2N9O2/c37-25-10-11-28(38)26(21-25)31-8-4-14-45(31)33-12-16-47-35(41-33)27(22-39-47)29-6-3-9-32(40-29)44-19-17-43(18-20-44)23-24-5-1-2-7-30(24)46-15-13-34(48)42-36(46)49/h1-3,5-7,9-12,16,21-22,31H,4,8,13-15,17-20,23H2,(H,42,48,49)/t31-/m1/s1. The van der Waals surface area contributed by atoms with Crippen LogP contribution in [0.25, 0.3) is 16.9 Å². The smallest absolute Gasteiger partial charge is 0.328 e. The van der Waals surface area contributed by atoms with Gasteiger partial charge in [-0.1, -0.05) is 24.3 Å². The lowest BCUT2D eigenvalue weighted by Crippen LogP contribution is -2.50. The molecule has 49 heavy (non-hydrogen) atoms. The first-order valence-corrected chi connectivity index (χ1v) is 16.6. The monoisotopic (exact) mass is 663 g/mol. The Morgan fingerprint density at radius 2 is 1.71 bits per heavy atom. The van der Waals surface area contributed by atoms with E-state index < -0.39 is 11.6 Å². The molecule has 5 aromatic rings. The molecule has 0 bridgehead atoms. The number of anilines is 3. The first kappa shape index (κ1) is 30.9. The average Bonchev–Trinajstić information content (AvgIpc) is 3.78. The van der Waals surface area contributed by atoms with E-state index in [0.29, 0.717) is 43.1 Å². The third-order valence-corrected chi connectivity index (χ3v) is 9.66. The Bertz CT molecular complexity index is 2040. The summed E-state index contributed by atoms with van der Waals surface area (Å²) in [4.78, 5) is 42.5. The fourth-order valence-electron chi connectivity index (χ4n) is 7.16. The Balaban J connectivity index is 0.978. The third-order valence-electron chi connectivity index (χ3n) is 9.66. The maximum absolute atomic E-state index is 14.8. The highest BCUT2D eigenvalue weighted by Gasteiger charge is 2.31. The van der Waals surface area contributed by atoms with E-state index in [-0.39, 0.29) is 24.4 Å². The van der Waals surface area contributed by atoms with E-state index >= 15 is 0 Å². The normalized spacial score (nSPS) is 18.8. The van der Waals surface area contributed by atoms with Crippen LogP contribution in [0.3, 0.4) is 0 Å². The molecule has 3 saturated heterocycles. The number of carbonyl (C=O) groups excluding carboxylic acids is 2. The lowest BCUT2D eigenvalue weighted by atomic mass is 10.0. The molecule has 0 saturated carbocycles. The highest BCUT2D eigenvalue weighted by atomic mass is 19.1. The molecule has 8 rings (SSSR count). The van der Waals surface area contributed by atoms with E-state index in [2.05, 4.69) is 20.2 Å². The number of hydrogen-bond acceptors (Lipinski definition) is 8. The van der Waals surface area contributed by atoms with Crippen LogP contribution in [0.15, 0.2) is 79.1 Å². The molecular weight excluding hydrogens is 628 g/mol. The van der Waals surface area contributed by atoms with Crippen LogP contribution in [0.5, 0.6) is 0 Å². The minimum atomic E-state index is -0.453. The minimum absolute atomic E-state index is 0.245. The van der Waals surface area contributed by atoms with Gasteiger partial charge in [0.1, 0.15) is 23.3 Å². The third kappa shape index (κ3) is 6.06. The molecule has 3 amide bonds. The molecule has 6 heterocycles. The Morgan fingerprint density at radius 3 is 2.57 bits per heavy atom. The first-order valence-electron chi connectivity index (χ1n) is 16.6. The van der Waals surface area contributed by atoms with Crippen molar-refractivity contribution in [3.63, 3.8) is 0 Å². The second-order valence-corrected chi connectivity index (χ2v) is 12.7. The van der Waals surface area contributed by atoms with E-state index in [1.54, 1.807) is 15.6 Å². The molecule has 0 radical (unpaired) electrons. The number of nitrogens with one attached hydrogen (secondary N) is 1. The van der Waals surface area contributed by atoms with Crippen LogP contribution in [-0.4, -0.2) is 75.7 Å². The van der Waals surface area contributed by atoms with Crippen molar-refractivity contribution in [1.29, 1.82) is 0 Å². The van der Waals surface area contributed by atoms with Gasteiger partial charge >= 0.3 is 6.03 Å². The fourth-order valence-corrected chi connectivity index (χ4v) is 7.16. The molecule has 0 unspecified atom stereocenters. The number of fused-ring (bicyclic) bond motifs is 1. The number of hydrogen-bond donors (Lipinski definition) is 1. The van der Waals surface area contributed by atoms with Gasteiger partial charge in [0.2, 0.25) is 5.91 Å². The van der Waals surface area contributed by atoms with Gasteiger partial charge in [-0.25, -0.2) is 28.1 Å². The van der Waals surface area contributed by atoms with Gasteiger partial charge in [0.25, 0.3) is 0 Å². The summed E-state index contributed by atoms with van der Waals surface area (Å²) < 4.78 is 30.5. The predicted octanol–water partition coefficient (Wildman–Crippen LogP) is 5.18. The van der Waals surface area contributed by atoms with Crippen molar-refractivity contribution >= 4 is 34.9 Å². The van der Waals surface area contributed by atoms with Gasteiger partial charge in [0, 0.05) is 69.7 Å². The Kier molecular flexibility index (Phi) is 8.12. The van der Waals surface area contributed by atoms with E-state index in [1.807, 2.05) is 59.6 Å². The zero-order chi connectivity index (χ0) is 33.5. The van der Waals surface area contributed by atoms with E-state index in [0.717, 1.165) is 67.0 Å². The van der Waals surface area contributed by atoms with Crippen molar-refractivity contribution in [2.45, 2.75) is 31.8 Å². The Labute approximate surface area is 281 Å². The summed E-state index contributed by atoms with van der Waals surface area (Å²) in [7, 11) is 0. The zero-order valence-electron chi connectivity index (χ0n) is 26.8. The minimum Gasteiger partial charge on any atom is -0.354 e. The second-order valence-electron chi connectivity index (χ2n) is 12.7. The quantitative estimate of drug-likeness (QED) is 0.254. The second kappa shape index (κ2) is 12.9. The number of benzene rings is 2. The highest BCUT2D eigenvalue weighted by molar-refractivity contribution is 6.05. The van der Waals surface area contributed by atoms with Crippen LogP contribution in [0, 0.1) is 11.6 Å². The molecule has 3 aromatic heterocycles. The maximum Gasteiger partial charge on any atom is 0.328 e. The van der Waals surface area contributed by atoms with Crippen LogP contribution in [0.4, 0.5) is 30.9 Å². The van der Waals surface area contributed by atoms with Gasteiger partial charge < -0.3 is 9.80 Å². The van der Waals surface area contributed by atoms with Gasteiger partial charge in [-0.05, 0) is 60.9 Å². The molecule has 3 aliphatic heterocycles. The van der Waals surface area contributed by atoms with Crippen molar-refractivity contribution in [1.82, 2.24) is 29.8 Å². The molecule has 11 nitrogen and oxygen atoms in total. The molecule has 1 N–H and O–H groups in total. The number of amides is 3. The summed E-state index contributed by atoms with van der Waals surface area (Å²) in [5.41, 5.74) is 4.40. The molecule has 13 heteroatoms. The van der Waals surface area contributed by atoms with Crippen molar-refractivity contribution < 1.29 is 18.4 Å². The van der Waals surface area contributed by atoms with Crippen LogP contribution in [0.2, 0.25) is 0 Å². The summed E-state index contributed by atoms with van der Waals surface area (Å²) >= 11 is 0. The molecule has 1 atom stereocenters. The molecule has 2 aromatic carbocycles. The number of imide groups is 1. The van der Waals surface area contributed by atoms with E-state index in [9.17, 15) is 18.4 Å². The topological polar surface area (TPSA) is 102 Å². The maximum atomic E-state index is 14.8. The number of nitrogens with zero attached hydrogens (tertiary/aromatic N) is 8. The van der Waals surface area contributed by atoms with Crippen molar-refractivity contribution in [3.8, 4) is 11.3 Å². The summed E-state index contributed by atoms with van der Waals surface area (Å²) in [5, 5.41) is 6.95. The zero-order valence-corrected chi connectivity index (χ0v) is 26.8. The number of urea groups is 1.